The molecule has 0 fully saturated rings. The number of benzene rings is 1. The van der Waals surface area contributed by atoms with Crippen molar-refractivity contribution >= 4 is 32.7 Å². The summed E-state index contributed by atoms with van der Waals surface area (Å²) in [6.45, 7) is 0. The Kier molecular flexibility index (Phi) is 3.76. The smallest absolute Gasteiger partial charge is 0.181 e. The Morgan fingerprint density at radius 3 is 0.833 bits per heavy atom. The zero-order chi connectivity index (χ0) is 21.4. The van der Waals surface area contributed by atoms with Gasteiger partial charge in [-0.3, -0.25) is 0 Å². The van der Waals surface area contributed by atoms with Gasteiger partial charge in [0.05, 0.1) is 16.2 Å². The molecule has 4 rings (SSSR count). The van der Waals surface area contributed by atoms with Gasteiger partial charge in [-0.1, -0.05) is 0 Å². The van der Waals surface area contributed by atoms with Crippen molar-refractivity contribution in [3.63, 3.8) is 0 Å². The standard InChI is InChI=1S/C18N12/c19-1-7-10(4-22)25-28-16-13(7)17-15(8(2-20)11(5-23)26-29-17)18-14(16)9(3-21)12(6-24)27-30-18. The lowest BCUT2D eigenvalue weighted by atomic mass is 9.95. The second-order valence-electron chi connectivity index (χ2n) is 5.61. The van der Waals surface area contributed by atoms with Crippen LogP contribution >= 0.6 is 0 Å². The summed E-state index contributed by atoms with van der Waals surface area (Å²) in [5, 5.41) is 79.9. The predicted octanol–water partition coefficient (Wildman–Crippen LogP) is 0.746. The SMILES string of the molecule is N#Cc1nnc2c(c1C#N)c1nnc(C#N)c(C#N)c1c1nnc(C#N)c(C#N)c21. The maximum absolute atomic E-state index is 9.65. The van der Waals surface area contributed by atoms with E-state index in [0.717, 1.165) is 0 Å². The quantitative estimate of drug-likeness (QED) is 0.383. The summed E-state index contributed by atoms with van der Waals surface area (Å²) in [6, 6.07) is 10.8. The number of rotatable bonds is 0. The first kappa shape index (κ1) is 17.6. The summed E-state index contributed by atoms with van der Waals surface area (Å²) in [4.78, 5) is 0. The minimum absolute atomic E-state index is 0.00608. The lowest BCUT2D eigenvalue weighted by Crippen LogP contribution is -2.05. The summed E-state index contributed by atoms with van der Waals surface area (Å²) in [5.41, 5.74) is -1.69. The van der Waals surface area contributed by atoms with Crippen LogP contribution in [-0.2, 0) is 0 Å². The summed E-state index contributed by atoms with van der Waals surface area (Å²) < 4.78 is 0. The highest BCUT2D eigenvalue weighted by molar-refractivity contribution is 6.25. The number of fused-ring (bicyclic) bond motifs is 6. The van der Waals surface area contributed by atoms with Crippen LogP contribution in [0.1, 0.15) is 33.8 Å². The van der Waals surface area contributed by atoms with Crippen molar-refractivity contribution in [3.05, 3.63) is 33.8 Å². The van der Waals surface area contributed by atoms with Gasteiger partial charge in [0, 0.05) is 0 Å². The van der Waals surface area contributed by atoms with E-state index in [4.69, 9.17) is 0 Å². The Hall–Kier alpha value is -5.82. The zero-order valence-electron chi connectivity index (χ0n) is 14.4. The van der Waals surface area contributed by atoms with Crippen molar-refractivity contribution in [1.82, 2.24) is 30.6 Å². The van der Waals surface area contributed by atoms with Crippen molar-refractivity contribution in [2.75, 3.05) is 0 Å². The molecular weight excluding hydrogens is 384 g/mol. The van der Waals surface area contributed by atoms with Crippen LogP contribution in [0.3, 0.4) is 0 Å². The number of hydrogen-bond donors (Lipinski definition) is 0. The van der Waals surface area contributed by atoms with E-state index in [1.54, 1.807) is 18.2 Å². The molecule has 3 heterocycles. The van der Waals surface area contributed by atoms with Gasteiger partial charge in [0.25, 0.3) is 0 Å². The van der Waals surface area contributed by atoms with Gasteiger partial charge < -0.3 is 0 Å². The number of aromatic nitrogens is 6. The molecule has 30 heavy (non-hydrogen) atoms. The van der Waals surface area contributed by atoms with E-state index in [-0.39, 0.29) is 66.5 Å². The van der Waals surface area contributed by atoms with E-state index in [0.29, 0.717) is 0 Å². The van der Waals surface area contributed by atoms with Gasteiger partial charge in [0.15, 0.2) is 17.1 Å². The van der Waals surface area contributed by atoms with E-state index in [2.05, 4.69) is 30.6 Å². The maximum atomic E-state index is 9.65. The molecule has 0 amide bonds. The number of nitrogens with zero attached hydrogens (tertiary/aromatic N) is 12. The minimum atomic E-state index is -0.309. The van der Waals surface area contributed by atoms with Crippen LogP contribution in [0.4, 0.5) is 0 Å². The second-order valence-corrected chi connectivity index (χ2v) is 5.61. The third-order valence-corrected chi connectivity index (χ3v) is 4.28. The topological polar surface area (TPSA) is 220 Å². The first-order chi connectivity index (χ1) is 14.6. The second kappa shape index (κ2) is 6.41. The summed E-state index contributed by atoms with van der Waals surface area (Å²) >= 11 is 0. The Morgan fingerprint density at radius 1 is 0.367 bits per heavy atom. The summed E-state index contributed by atoms with van der Waals surface area (Å²) in [6.07, 6.45) is 0. The van der Waals surface area contributed by atoms with Crippen LogP contribution in [0.25, 0.3) is 32.7 Å². The van der Waals surface area contributed by atoms with E-state index >= 15 is 0 Å². The molecule has 0 saturated carbocycles. The van der Waals surface area contributed by atoms with Crippen molar-refractivity contribution in [1.29, 1.82) is 31.6 Å². The molecule has 0 N–H and O–H groups in total. The molecule has 132 valence electrons. The van der Waals surface area contributed by atoms with Crippen LogP contribution in [0.5, 0.6) is 0 Å². The van der Waals surface area contributed by atoms with Crippen LogP contribution in [-0.4, -0.2) is 30.6 Å². The average Bonchev–Trinajstić information content (AvgIpc) is 2.80. The van der Waals surface area contributed by atoms with Gasteiger partial charge in [0.2, 0.25) is 0 Å². The Balaban J connectivity index is 2.56. The third-order valence-electron chi connectivity index (χ3n) is 4.28. The lowest BCUT2D eigenvalue weighted by molar-refractivity contribution is 1.02. The van der Waals surface area contributed by atoms with Gasteiger partial charge in [-0.05, 0) is 0 Å². The normalized spacial score (nSPS) is 9.80. The van der Waals surface area contributed by atoms with E-state index in [9.17, 15) is 31.6 Å². The highest BCUT2D eigenvalue weighted by Crippen LogP contribution is 2.37. The van der Waals surface area contributed by atoms with Crippen LogP contribution < -0.4 is 0 Å². The van der Waals surface area contributed by atoms with Gasteiger partial charge >= 0.3 is 0 Å². The predicted molar refractivity (Wildman–Crippen MR) is 94.0 cm³/mol. The van der Waals surface area contributed by atoms with Gasteiger partial charge in [-0.25, -0.2) is 0 Å². The minimum Gasteiger partial charge on any atom is -0.192 e. The Morgan fingerprint density at radius 2 is 0.633 bits per heavy atom. The van der Waals surface area contributed by atoms with Gasteiger partial charge in [-0.15, -0.1) is 30.6 Å². The first-order valence-electron chi connectivity index (χ1n) is 7.78. The fraction of sp³-hybridized carbons (Fsp3) is 0. The molecule has 0 radical (unpaired) electrons. The van der Waals surface area contributed by atoms with Crippen LogP contribution in [0.2, 0.25) is 0 Å². The monoisotopic (exact) mass is 384 g/mol. The van der Waals surface area contributed by atoms with E-state index in [1.807, 2.05) is 18.2 Å². The molecule has 0 unspecified atom stereocenters. The molecule has 0 aliphatic heterocycles. The van der Waals surface area contributed by atoms with E-state index < -0.39 is 0 Å². The fourth-order valence-corrected chi connectivity index (χ4v) is 3.09. The molecule has 0 atom stereocenters. The van der Waals surface area contributed by atoms with Crippen molar-refractivity contribution < 1.29 is 0 Å². The molecule has 0 aliphatic rings. The Bertz CT molecular complexity index is 1470. The average molecular weight is 384 g/mol. The number of hydrogen-bond acceptors (Lipinski definition) is 12. The maximum Gasteiger partial charge on any atom is 0.181 e. The van der Waals surface area contributed by atoms with Crippen LogP contribution in [0, 0.1) is 68.0 Å². The lowest BCUT2D eigenvalue weighted by Gasteiger charge is -2.11. The molecule has 4 aromatic rings. The highest BCUT2D eigenvalue weighted by atomic mass is 15.1. The molecular formula is C18N12. The summed E-state index contributed by atoms with van der Waals surface area (Å²) in [7, 11) is 0. The largest absolute Gasteiger partial charge is 0.192 e. The molecule has 0 saturated heterocycles. The zero-order valence-corrected chi connectivity index (χ0v) is 14.4. The summed E-state index contributed by atoms with van der Waals surface area (Å²) in [5.74, 6) is 0. The first-order valence-corrected chi connectivity index (χ1v) is 7.78. The van der Waals surface area contributed by atoms with E-state index in [1.165, 1.54) is 0 Å². The third kappa shape index (κ3) is 2.08. The molecule has 12 nitrogen and oxygen atoms in total. The van der Waals surface area contributed by atoms with Crippen LogP contribution in [0.15, 0.2) is 0 Å². The molecule has 3 aromatic heterocycles. The Labute approximate surface area is 165 Å². The molecule has 0 aliphatic carbocycles. The van der Waals surface area contributed by atoms with Gasteiger partial charge in [-0.2, -0.15) is 31.6 Å². The van der Waals surface area contributed by atoms with Crippen molar-refractivity contribution in [3.8, 4) is 36.4 Å². The molecule has 0 spiro atoms. The molecule has 12 heteroatoms. The van der Waals surface area contributed by atoms with Gasteiger partial charge in [0.1, 0.15) is 69.7 Å². The fourth-order valence-electron chi connectivity index (χ4n) is 3.09. The highest BCUT2D eigenvalue weighted by Gasteiger charge is 2.26. The number of nitriles is 6. The van der Waals surface area contributed by atoms with Crippen molar-refractivity contribution in [2.45, 2.75) is 0 Å². The molecule has 0 bridgehead atoms. The van der Waals surface area contributed by atoms with Crippen molar-refractivity contribution in [2.24, 2.45) is 0 Å². The molecule has 1 aromatic carbocycles.